The van der Waals surface area contributed by atoms with Gasteiger partial charge < -0.3 is 0 Å². The molecule has 130 valence electrons. The third-order valence-corrected chi connectivity index (χ3v) is 1.04. The van der Waals surface area contributed by atoms with E-state index >= 15 is 0 Å². The first-order valence-electron chi connectivity index (χ1n) is 4.32. The molecule has 15 heteroatoms. The summed E-state index contributed by atoms with van der Waals surface area (Å²) in [5, 5.41) is 0. The first-order chi connectivity index (χ1) is 9.50. The molecule has 3 nitrogen and oxygen atoms in total. The monoisotopic (exact) mass is 357 g/mol. The molecule has 1 aromatic rings. The smallest absolute Gasteiger partial charge is 0.225 e. The second-order valence-electron chi connectivity index (χ2n) is 2.78. The van der Waals surface area contributed by atoms with Crippen LogP contribution < -0.4 is 0 Å². The van der Waals surface area contributed by atoms with E-state index in [2.05, 4.69) is 15.0 Å². The summed E-state index contributed by atoms with van der Waals surface area (Å²) in [6.45, 7) is 0. The van der Waals surface area contributed by atoms with Crippen LogP contribution in [0, 0.1) is 0 Å². The highest BCUT2D eigenvalue weighted by atomic mass is 19.5. The Morgan fingerprint density at radius 2 is 0.500 bits per heavy atom. The molecule has 0 aliphatic rings. The lowest BCUT2D eigenvalue weighted by Crippen LogP contribution is -2.30. The van der Waals surface area contributed by atoms with Crippen LogP contribution in [0.5, 0.6) is 0 Å². The fraction of sp³-hybridized carbons (Fsp3) is 0.571. The molecule has 1 rings (SSSR count). The Bertz CT molecular complexity index is 314. The Hall–Kier alpha value is -1.83. The Morgan fingerprint density at radius 1 is 0.364 bits per heavy atom. The second-order valence-corrected chi connectivity index (χ2v) is 2.78. The summed E-state index contributed by atoms with van der Waals surface area (Å²) in [6.07, 6.45) is -19.9. The van der Waals surface area contributed by atoms with Gasteiger partial charge in [-0.1, -0.05) is 0 Å². The summed E-state index contributed by atoms with van der Waals surface area (Å²) in [5.74, 6) is 0. The van der Waals surface area contributed by atoms with Gasteiger partial charge in [0.25, 0.3) is 0 Å². The largest absolute Gasteiger partial charge is 0.487 e. The summed E-state index contributed by atoms with van der Waals surface area (Å²) < 4.78 is 125. The first-order valence-corrected chi connectivity index (χ1v) is 4.32. The van der Waals surface area contributed by atoms with Crippen LogP contribution in [0.2, 0.25) is 0 Å². The molecule has 0 bridgehead atoms. The molecule has 0 fully saturated rings. The first kappa shape index (κ1) is 22.5. The SMILES string of the molecule is FC(F)(F)C(F)(F)F.FC(F)(F)C(F)(F)F.c1ncncn1. The van der Waals surface area contributed by atoms with Crippen LogP contribution in [0.4, 0.5) is 52.7 Å². The minimum Gasteiger partial charge on any atom is -0.225 e. The minimum absolute atomic E-state index is 1.44. The van der Waals surface area contributed by atoms with Crippen LogP contribution in [0.1, 0.15) is 0 Å². The van der Waals surface area contributed by atoms with Crippen molar-refractivity contribution < 1.29 is 52.7 Å². The summed E-state index contributed by atoms with van der Waals surface area (Å²) in [5.41, 5.74) is 0. The Morgan fingerprint density at radius 3 is 0.545 bits per heavy atom. The molecule has 0 saturated heterocycles. The van der Waals surface area contributed by atoms with Gasteiger partial charge in [0.05, 0.1) is 0 Å². The summed E-state index contributed by atoms with van der Waals surface area (Å²) >= 11 is 0. The molecule has 1 aromatic heterocycles. The lowest BCUT2D eigenvalue weighted by atomic mass is 10.7. The fourth-order valence-electron chi connectivity index (χ4n) is 0.205. The molecule has 0 radical (unpaired) electrons. The van der Waals surface area contributed by atoms with Gasteiger partial charge >= 0.3 is 24.7 Å². The molecule has 0 amide bonds. The molecular weight excluding hydrogens is 354 g/mol. The zero-order valence-electron chi connectivity index (χ0n) is 9.61. The highest BCUT2D eigenvalue weighted by Crippen LogP contribution is 2.36. The van der Waals surface area contributed by atoms with E-state index in [1.165, 1.54) is 19.0 Å². The van der Waals surface area contributed by atoms with Gasteiger partial charge in [0.15, 0.2) is 0 Å². The van der Waals surface area contributed by atoms with Gasteiger partial charge in [-0.3, -0.25) is 0 Å². The van der Waals surface area contributed by atoms with Crippen molar-refractivity contribution in [2.24, 2.45) is 0 Å². The summed E-state index contributed by atoms with van der Waals surface area (Å²) in [6, 6.07) is 0. The van der Waals surface area contributed by atoms with Crippen LogP contribution >= 0.6 is 0 Å². The van der Waals surface area contributed by atoms with Crippen LogP contribution in [-0.4, -0.2) is 39.7 Å². The average Bonchev–Trinajstić information content (AvgIpc) is 2.27. The van der Waals surface area contributed by atoms with Gasteiger partial charge in [-0.15, -0.1) is 0 Å². The molecule has 0 aliphatic heterocycles. The number of nitrogens with zero attached hydrogens (tertiary/aromatic N) is 3. The Labute approximate surface area is 113 Å². The van der Waals surface area contributed by atoms with E-state index < -0.39 is 24.7 Å². The highest BCUT2D eigenvalue weighted by molar-refractivity contribution is 4.60. The lowest BCUT2D eigenvalue weighted by molar-refractivity contribution is -0.339. The molecule has 22 heavy (non-hydrogen) atoms. The molecule has 0 aliphatic carbocycles. The van der Waals surface area contributed by atoms with Gasteiger partial charge in [0, 0.05) is 0 Å². The van der Waals surface area contributed by atoms with Crippen LogP contribution in [-0.2, 0) is 0 Å². The number of halogens is 12. The van der Waals surface area contributed by atoms with Gasteiger partial charge in [-0.05, 0) is 0 Å². The van der Waals surface area contributed by atoms with Gasteiger partial charge in [-0.2, -0.15) is 52.7 Å². The molecule has 0 spiro atoms. The zero-order chi connectivity index (χ0) is 18.2. The van der Waals surface area contributed by atoms with Crippen LogP contribution in [0.3, 0.4) is 0 Å². The molecule has 0 aromatic carbocycles. The van der Waals surface area contributed by atoms with E-state index in [0.717, 1.165) is 0 Å². The molecule has 1 heterocycles. The number of aromatic nitrogens is 3. The highest BCUT2D eigenvalue weighted by Gasteiger charge is 2.59. The van der Waals surface area contributed by atoms with Gasteiger partial charge in [0.1, 0.15) is 19.0 Å². The molecule has 0 unspecified atom stereocenters. The van der Waals surface area contributed by atoms with Crippen molar-refractivity contribution in [3.05, 3.63) is 19.0 Å². The number of hydrogen-bond acceptors (Lipinski definition) is 3. The lowest BCUT2D eigenvalue weighted by Gasteiger charge is -2.08. The van der Waals surface area contributed by atoms with Gasteiger partial charge in [0.2, 0.25) is 0 Å². The van der Waals surface area contributed by atoms with E-state index in [4.69, 9.17) is 0 Å². The van der Waals surface area contributed by atoms with Crippen molar-refractivity contribution in [3.8, 4) is 0 Å². The van der Waals surface area contributed by atoms with Crippen molar-refractivity contribution in [1.82, 2.24) is 15.0 Å². The third-order valence-electron chi connectivity index (χ3n) is 1.04. The number of alkyl halides is 12. The molecule has 0 atom stereocenters. The van der Waals surface area contributed by atoms with E-state index in [1.54, 1.807) is 0 Å². The summed E-state index contributed by atoms with van der Waals surface area (Å²) in [7, 11) is 0. The third kappa shape index (κ3) is 10.9. The standard InChI is InChI=1S/C3H3N3.2C2F6/c1-4-2-6-3-5-1;2*3-1(4,5)2(6,7)8/h1-3H;;. The second kappa shape index (κ2) is 7.98. The van der Waals surface area contributed by atoms with Crippen molar-refractivity contribution in [2.75, 3.05) is 0 Å². The molecule has 0 N–H and O–H groups in total. The normalized spacial score (nSPS) is 12.5. The summed E-state index contributed by atoms with van der Waals surface area (Å²) in [4.78, 5) is 10.7. The topological polar surface area (TPSA) is 38.7 Å². The number of rotatable bonds is 0. The van der Waals surface area contributed by atoms with E-state index in [0.29, 0.717) is 0 Å². The predicted molar refractivity (Wildman–Crippen MR) is 44.0 cm³/mol. The maximum absolute atomic E-state index is 10.4. The quantitative estimate of drug-likeness (QED) is 0.657. The maximum atomic E-state index is 10.4. The van der Waals surface area contributed by atoms with Crippen LogP contribution in [0.15, 0.2) is 19.0 Å². The Kier molecular flexibility index (Phi) is 8.14. The van der Waals surface area contributed by atoms with Crippen molar-refractivity contribution in [2.45, 2.75) is 24.7 Å². The average molecular weight is 357 g/mol. The zero-order valence-corrected chi connectivity index (χ0v) is 9.61. The predicted octanol–water partition coefficient (Wildman–Crippen LogP) is 4.09. The molecular formula is C7H3F12N3. The minimum atomic E-state index is -6.06. The van der Waals surface area contributed by atoms with Crippen molar-refractivity contribution in [1.29, 1.82) is 0 Å². The Balaban J connectivity index is 0. The van der Waals surface area contributed by atoms with Crippen LogP contribution in [0.25, 0.3) is 0 Å². The fourth-order valence-corrected chi connectivity index (χ4v) is 0.205. The van der Waals surface area contributed by atoms with Gasteiger partial charge in [-0.25, -0.2) is 15.0 Å². The number of hydrogen-bond donors (Lipinski definition) is 0. The van der Waals surface area contributed by atoms with E-state index in [-0.39, 0.29) is 0 Å². The maximum Gasteiger partial charge on any atom is 0.487 e. The van der Waals surface area contributed by atoms with E-state index in [1.807, 2.05) is 0 Å². The van der Waals surface area contributed by atoms with Crippen molar-refractivity contribution in [3.63, 3.8) is 0 Å². The van der Waals surface area contributed by atoms with E-state index in [9.17, 15) is 52.7 Å². The van der Waals surface area contributed by atoms with Crippen molar-refractivity contribution >= 4 is 0 Å². The molecule has 0 saturated carbocycles.